The number of halogens is 4. The number of amides is 3. The molecule has 0 radical (unpaired) electrons. The van der Waals surface area contributed by atoms with Crippen molar-refractivity contribution in [3.63, 3.8) is 0 Å². The Morgan fingerprint density at radius 2 is 1.72 bits per heavy atom. The number of carbonyl (C=O) groups excluding carboxylic acids is 2. The lowest BCUT2D eigenvalue weighted by Gasteiger charge is -2.34. The summed E-state index contributed by atoms with van der Waals surface area (Å²) < 4.78 is 86.7. The fourth-order valence-electron chi connectivity index (χ4n) is 4.85. The van der Waals surface area contributed by atoms with Gasteiger partial charge in [-0.3, -0.25) is 9.52 Å². The van der Waals surface area contributed by atoms with Gasteiger partial charge in [-0.15, -0.1) is 0 Å². The molecule has 3 atom stereocenters. The van der Waals surface area contributed by atoms with Gasteiger partial charge in [-0.2, -0.15) is 13.2 Å². The number of nitrogens with zero attached hydrogens (tertiary/aromatic N) is 2. The van der Waals surface area contributed by atoms with Crippen molar-refractivity contribution in [3.05, 3.63) is 83.7 Å². The molecular weight excluding hydrogens is 632 g/mol. The summed E-state index contributed by atoms with van der Waals surface area (Å²) in [5, 5.41) is 12.4. The van der Waals surface area contributed by atoms with Crippen molar-refractivity contribution >= 4 is 33.3 Å². The van der Waals surface area contributed by atoms with Crippen molar-refractivity contribution in [1.29, 1.82) is 0 Å². The SMILES string of the molecule is C[C@@H]1CN([C@H](C)CO)C(=O)Cc2cc(NS(=O)(=O)c3ccc(F)cc3)ccc2O[C@H]1CN(C)C(=O)Nc1ccc(C(F)(F)F)cc1. The predicted octanol–water partition coefficient (Wildman–Crippen LogP) is 4.96. The van der Waals surface area contributed by atoms with Gasteiger partial charge in [0.2, 0.25) is 5.91 Å². The molecule has 3 N–H and O–H groups in total. The highest BCUT2D eigenvalue weighted by Gasteiger charge is 2.33. The summed E-state index contributed by atoms with van der Waals surface area (Å²) in [4.78, 5) is 29.0. The van der Waals surface area contributed by atoms with Gasteiger partial charge in [-0.25, -0.2) is 17.6 Å². The standard InChI is InChI=1S/C31H34F4N4O6S/c1-19-16-39(20(2)18-40)29(41)15-21-14-25(37-46(43,44)26-11-6-23(32)7-12-26)10-13-27(21)45-28(19)17-38(3)30(42)36-24-8-4-22(5-9-24)31(33,34)35/h4-14,19-20,28,37,40H,15-18H2,1-3H3,(H,36,42)/t19-,20-,28+/m1/s1. The van der Waals surface area contributed by atoms with Crippen LogP contribution in [0, 0.1) is 11.7 Å². The lowest BCUT2D eigenvalue weighted by molar-refractivity contribution is -0.137. The second-order valence-electron chi connectivity index (χ2n) is 11.2. The van der Waals surface area contributed by atoms with Crippen LogP contribution in [0.5, 0.6) is 5.75 Å². The summed E-state index contributed by atoms with van der Waals surface area (Å²) >= 11 is 0. The largest absolute Gasteiger partial charge is 0.488 e. The molecule has 10 nitrogen and oxygen atoms in total. The Labute approximate surface area is 264 Å². The van der Waals surface area contributed by atoms with Gasteiger partial charge in [0.15, 0.2) is 0 Å². The average molecular weight is 667 g/mol. The van der Waals surface area contributed by atoms with E-state index in [2.05, 4.69) is 10.0 Å². The Morgan fingerprint density at radius 1 is 1.09 bits per heavy atom. The Bertz CT molecular complexity index is 1650. The normalized spacial score (nSPS) is 17.9. The van der Waals surface area contributed by atoms with Crippen LogP contribution in [0.4, 0.5) is 33.7 Å². The maximum Gasteiger partial charge on any atom is 0.416 e. The number of nitrogens with one attached hydrogen (secondary N) is 2. The summed E-state index contributed by atoms with van der Waals surface area (Å²) in [5.41, 5.74) is -0.232. The van der Waals surface area contributed by atoms with E-state index in [1.165, 1.54) is 35.0 Å². The zero-order valence-corrected chi connectivity index (χ0v) is 26.0. The molecule has 46 heavy (non-hydrogen) atoms. The first-order valence-electron chi connectivity index (χ1n) is 14.2. The van der Waals surface area contributed by atoms with Crippen LogP contribution in [0.25, 0.3) is 0 Å². The predicted molar refractivity (Wildman–Crippen MR) is 162 cm³/mol. The number of hydrogen-bond acceptors (Lipinski definition) is 6. The van der Waals surface area contributed by atoms with Crippen LogP contribution in [-0.4, -0.2) is 74.2 Å². The third kappa shape index (κ3) is 8.46. The topological polar surface area (TPSA) is 128 Å². The quantitative estimate of drug-likeness (QED) is 0.292. The average Bonchev–Trinajstić information content (AvgIpc) is 3.04. The molecule has 15 heteroatoms. The Morgan fingerprint density at radius 3 is 2.33 bits per heavy atom. The summed E-state index contributed by atoms with van der Waals surface area (Å²) in [6.07, 6.45) is -5.41. The Hall–Kier alpha value is -4.37. The third-order valence-corrected chi connectivity index (χ3v) is 8.95. The van der Waals surface area contributed by atoms with E-state index < -0.39 is 45.8 Å². The molecule has 0 unspecified atom stereocenters. The van der Waals surface area contributed by atoms with E-state index in [1.54, 1.807) is 6.92 Å². The molecule has 1 aliphatic rings. The molecule has 0 bridgehead atoms. The zero-order valence-electron chi connectivity index (χ0n) is 25.2. The van der Waals surface area contributed by atoms with Crippen LogP contribution in [-0.2, 0) is 27.4 Å². The van der Waals surface area contributed by atoms with Crippen LogP contribution in [0.1, 0.15) is 25.0 Å². The van der Waals surface area contributed by atoms with Crippen molar-refractivity contribution in [3.8, 4) is 5.75 Å². The number of rotatable bonds is 8. The van der Waals surface area contributed by atoms with Crippen molar-refractivity contribution in [2.24, 2.45) is 5.92 Å². The number of likely N-dealkylation sites (N-methyl/N-ethyl adjacent to an activating group) is 1. The van der Waals surface area contributed by atoms with Gasteiger partial charge in [-0.1, -0.05) is 6.92 Å². The summed E-state index contributed by atoms with van der Waals surface area (Å²) in [7, 11) is -2.61. The number of alkyl halides is 3. The maximum absolute atomic E-state index is 13.4. The fraction of sp³-hybridized carbons (Fsp3) is 0.355. The van der Waals surface area contributed by atoms with Crippen molar-refractivity contribution in [1.82, 2.24) is 9.80 Å². The summed E-state index contributed by atoms with van der Waals surface area (Å²) in [6, 6.07) is 11.5. The van der Waals surface area contributed by atoms with E-state index in [0.29, 0.717) is 5.56 Å². The van der Waals surface area contributed by atoms with Crippen LogP contribution in [0.2, 0.25) is 0 Å². The molecule has 4 rings (SSSR count). The number of fused-ring (bicyclic) bond motifs is 1. The summed E-state index contributed by atoms with van der Waals surface area (Å²) in [6.45, 7) is 3.34. The molecule has 248 valence electrons. The molecule has 0 spiro atoms. The molecule has 1 heterocycles. The molecular formula is C31H34F4N4O6S. The van der Waals surface area contributed by atoms with E-state index in [9.17, 15) is 40.7 Å². The van der Waals surface area contributed by atoms with E-state index in [-0.39, 0.29) is 60.0 Å². The van der Waals surface area contributed by atoms with Gasteiger partial charge in [0, 0.05) is 36.4 Å². The fourth-order valence-corrected chi connectivity index (χ4v) is 5.90. The minimum Gasteiger partial charge on any atom is -0.488 e. The highest BCUT2D eigenvalue weighted by Crippen LogP contribution is 2.31. The molecule has 0 fully saturated rings. The molecule has 0 aliphatic carbocycles. The first-order valence-corrected chi connectivity index (χ1v) is 15.7. The monoisotopic (exact) mass is 666 g/mol. The van der Waals surface area contributed by atoms with E-state index in [1.807, 2.05) is 6.92 Å². The van der Waals surface area contributed by atoms with Crippen LogP contribution < -0.4 is 14.8 Å². The van der Waals surface area contributed by atoms with Crippen LogP contribution >= 0.6 is 0 Å². The van der Waals surface area contributed by atoms with E-state index >= 15 is 0 Å². The molecule has 0 saturated heterocycles. The van der Waals surface area contributed by atoms with Gasteiger partial charge in [-0.05, 0) is 73.7 Å². The van der Waals surface area contributed by atoms with E-state index in [4.69, 9.17) is 4.74 Å². The number of carbonyl (C=O) groups is 2. The van der Waals surface area contributed by atoms with Crippen LogP contribution in [0.3, 0.4) is 0 Å². The van der Waals surface area contributed by atoms with Gasteiger partial charge < -0.3 is 25.0 Å². The maximum atomic E-state index is 13.4. The summed E-state index contributed by atoms with van der Waals surface area (Å²) in [5.74, 6) is -1.04. The van der Waals surface area contributed by atoms with Gasteiger partial charge in [0.25, 0.3) is 10.0 Å². The van der Waals surface area contributed by atoms with Crippen molar-refractivity contribution in [2.75, 3.05) is 36.8 Å². The number of ether oxygens (including phenoxy) is 1. The van der Waals surface area contributed by atoms with Gasteiger partial charge >= 0.3 is 12.2 Å². The minimum atomic E-state index is -4.52. The number of sulfonamides is 1. The second-order valence-corrected chi connectivity index (χ2v) is 12.8. The molecule has 3 aromatic carbocycles. The van der Waals surface area contributed by atoms with Crippen molar-refractivity contribution < 1.29 is 45.4 Å². The number of benzene rings is 3. The highest BCUT2D eigenvalue weighted by molar-refractivity contribution is 7.92. The molecule has 1 aliphatic heterocycles. The Balaban J connectivity index is 1.58. The number of aliphatic hydroxyl groups is 1. The Kier molecular flexibility index (Phi) is 10.5. The minimum absolute atomic E-state index is 0.00155. The first kappa shape index (κ1) is 34.5. The lowest BCUT2D eigenvalue weighted by atomic mass is 10.0. The third-order valence-electron chi connectivity index (χ3n) is 7.56. The van der Waals surface area contributed by atoms with Crippen LogP contribution in [0.15, 0.2) is 71.6 Å². The number of aliphatic hydroxyl groups excluding tert-OH is 1. The smallest absolute Gasteiger partial charge is 0.416 e. The second kappa shape index (κ2) is 14.0. The highest BCUT2D eigenvalue weighted by atomic mass is 32.2. The molecule has 0 saturated carbocycles. The number of anilines is 2. The van der Waals surface area contributed by atoms with Crippen molar-refractivity contribution in [2.45, 2.75) is 43.5 Å². The van der Waals surface area contributed by atoms with Gasteiger partial charge in [0.1, 0.15) is 17.7 Å². The van der Waals surface area contributed by atoms with E-state index in [0.717, 1.165) is 48.5 Å². The van der Waals surface area contributed by atoms with Gasteiger partial charge in [0.05, 0.1) is 36.1 Å². The number of urea groups is 1. The lowest BCUT2D eigenvalue weighted by Crippen LogP contribution is -2.48. The molecule has 3 aromatic rings. The number of hydrogen-bond donors (Lipinski definition) is 3. The zero-order chi connectivity index (χ0) is 33.8. The molecule has 3 amide bonds. The first-order chi connectivity index (χ1) is 21.6. The molecule has 0 aromatic heterocycles.